The number of aliphatic hydroxyl groups is 1. The highest BCUT2D eigenvalue weighted by atomic mass is 16.3. The van der Waals surface area contributed by atoms with Gasteiger partial charge in [0.1, 0.15) is 5.76 Å². The number of hydrogen-bond donors (Lipinski definition) is 2. The molecule has 0 aliphatic carbocycles. The first-order valence-corrected chi connectivity index (χ1v) is 4.55. The van der Waals surface area contributed by atoms with Crippen LogP contribution in [0.5, 0.6) is 0 Å². The molecule has 0 saturated heterocycles. The molecule has 0 unspecified atom stereocenters. The lowest BCUT2D eigenvalue weighted by atomic mass is 10.2. The number of carbonyl (C=O) groups is 1. The summed E-state index contributed by atoms with van der Waals surface area (Å²) >= 11 is 0. The highest BCUT2D eigenvalue weighted by molar-refractivity contribution is 5.89. The predicted molar refractivity (Wildman–Crippen MR) is 59.9 cm³/mol. The maximum absolute atomic E-state index is 10.9. The maximum atomic E-state index is 10.9. The minimum absolute atomic E-state index is 0.211. The fraction of sp³-hybridized carbons (Fsp3) is 0. The van der Waals surface area contributed by atoms with Crippen LogP contribution in [-0.2, 0) is 4.79 Å². The third-order valence-electron chi connectivity index (χ3n) is 1.70. The van der Waals surface area contributed by atoms with Crippen molar-refractivity contribution in [3.05, 3.63) is 53.8 Å². The molecule has 16 heavy (non-hydrogen) atoms. The lowest BCUT2D eigenvalue weighted by molar-refractivity contribution is -0.115. The second-order valence-electron chi connectivity index (χ2n) is 2.91. The Kier molecular flexibility index (Phi) is 4.35. The smallest absolute Gasteiger partial charge is 0.260 e. The molecule has 0 bridgehead atoms. The zero-order valence-electron chi connectivity index (χ0n) is 8.42. The molecule has 0 aliphatic heterocycles. The number of amides is 1. The van der Waals surface area contributed by atoms with Crippen molar-refractivity contribution < 1.29 is 9.90 Å². The molecule has 1 aromatic carbocycles. The first-order valence-electron chi connectivity index (χ1n) is 4.55. The van der Waals surface area contributed by atoms with Gasteiger partial charge in [0.15, 0.2) is 6.19 Å². The van der Waals surface area contributed by atoms with E-state index in [0.29, 0.717) is 0 Å². The number of hydrogen-bond acceptors (Lipinski definition) is 3. The van der Waals surface area contributed by atoms with E-state index in [9.17, 15) is 9.90 Å². The molecule has 1 rings (SSSR count). The summed E-state index contributed by atoms with van der Waals surface area (Å²) < 4.78 is 0. The number of allylic oxidation sites excluding steroid dienone is 1. The van der Waals surface area contributed by atoms with E-state index < -0.39 is 5.91 Å². The van der Waals surface area contributed by atoms with Crippen molar-refractivity contribution in [2.75, 3.05) is 0 Å². The normalized spacial score (nSPS) is 11.1. The van der Waals surface area contributed by atoms with Gasteiger partial charge in [0.25, 0.3) is 5.91 Å². The van der Waals surface area contributed by atoms with E-state index in [1.807, 2.05) is 35.6 Å². The van der Waals surface area contributed by atoms with Gasteiger partial charge in [-0.25, -0.2) is 0 Å². The van der Waals surface area contributed by atoms with Crippen LogP contribution in [0.4, 0.5) is 0 Å². The number of nitrogens with zero attached hydrogens (tertiary/aromatic N) is 1. The van der Waals surface area contributed by atoms with Gasteiger partial charge in [0, 0.05) is 6.08 Å². The number of carbonyl (C=O) groups excluding carboxylic acids is 1. The van der Waals surface area contributed by atoms with Gasteiger partial charge in [-0.3, -0.25) is 10.1 Å². The Morgan fingerprint density at radius 1 is 1.38 bits per heavy atom. The number of nitriles is 1. The molecular formula is C12H10N2O2. The van der Waals surface area contributed by atoms with Crippen LogP contribution in [0.2, 0.25) is 0 Å². The predicted octanol–water partition coefficient (Wildman–Crippen LogP) is 1.74. The summed E-state index contributed by atoms with van der Waals surface area (Å²) in [6.45, 7) is 0. The van der Waals surface area contributed by atoms with Crippen molar-refractivity contribution in [2.24, 2.45) is 0 Å². The third kappa shape index (κ3) is 4.11. The molecule has 0 radical (unpaired) electrons. The molecule has 0 fully saturated rings. The Morgan fingerprint density at radius 2 is 2.06 bits per heavy atom. The Morgan fingerprint density at radius 3 is 2.69 bits per heavy atom. The Balaban J connectivity index is 2.65. The summed E-state index contributed by atoms with van der Waals surface area (Å²) in [5.74, 6) is -0.866. The largest absolute Gasteiger partial charge is 0.508 e. The lowest BCUT2D eigenvalue weighted by Gasteiger charge is -1.92. The van der Waals surface area contributed by atoms with E-state index in [0.717, 1.165) is 11.6 Å². The van der Waals surface area contributed by atoms with Gasteiger partial charge in [-0.15, -0.1) is 0 Å². The number of nitrogens with one attached hydrogen (secondary N) is 1. The average molecular weight is 214 g/mol. The second kappa shape index (κ2) is 6.04. The molecule has 0 aliphatic rings. The van der Waals surface area contributed by atoms with Crippen molar-refractivity contribution in [1.29, 1.82) is 5.26 Å². The van der Waals surface area contributed by atoms with Crippen LogP contribution in [0, 0.1) is 11.5 Å². The summed E-state index contributed by atoms with van der Waals surface area (Å²) in [5.41, 5.74) is 0.906. The van der Waals surface area contributed by atoms with Crippen LogP contribution >= 0.6 is 0 Å². The van der Waals surface area contributed by atoms with Crippen molar-refractivity contribution in [3.63, 3.8) is 0 Å². The van der Waals surface area contributed by atoms with E-state index >= 15 is 0 Å². The van der Waals surface area contributed by atoms with Gasteiger partial charge in [0.05, 0.1) is 0 Å². The monoisotopic (exact) mass is 214 g/mol. The zero-order chi connectivity index (χ0) is 11.8. The molecule has 4 heteroatoms. The van der Waals surface area contributed by atoms with Gasteiger partial charge in [-0.1, -0.05) is 36.4 Å². The van der Waals surface area contributed by atoms with Crippen LogP contribution in [0.1, 0.15) is 5.56 Å². The molecule has 2 N–H and O–H groups in total. The van der Waals surface area contributed by atoms with E-state index in [1.54, 1.807) is 6.08 Å². The van der Waals surface area contributed by atoms with Crippen molar-refractivity contribution in [2.45, 2.75) is 0 Å². The van der Waals surface area contributed by atoms with E-state index in [4.69, 9.17) is 5.26 Å². The van der Waals surface area contributed by atoms with Gasteiger partial charge in [-0.05, 0) is 11.6 Å². The Labute approximate surface area is 93.1 Å². The molecule has 0 saturated carbocycles. The molecular weight excluding hydrogens is 204 g/mol. The van der Waals surface area contributed by atoms with Crippen LogP contribution in [0.25, 0.3) is 6.08 Å². The third-order valence-corrected chi connectivity index (χ3v) is 1.70. The van der Waals surface area contributed by atoms with E-state index in [-0.39, 0.29) is 5.76 Å². The second-order valence-corrected chi connectivity index (χ2v) is 2.91. The zero-order valence-corrected chi connectivity index (χ0v) is 8.42. The summed E-state index contributed by atoms with van der Waals surface area (Å²) in [5, 5.41) is 19.3. The van der Waals surface area contributed by atoms with Crippen molar-refractivity contribution >= 4 is 12.0 Å². The lowest BCUT2D eigenvalue weighted by Crippen LogP contribution is -2.14. The molecule has 0 aromatic heterocycles. The minimum Gasteiger partial charge on any atom is -0.508 e. The molecule has 0 spiro atoms. The van der Waals surface area contributed by atoms with E-state index in [1.165, 1.54) is 12.3 Å². The standard InChI is InChI=1S/C12H10N2O2/c13-9-14-12(16)8-11(15)7-6-10-4-2-1-3-5-10/h1-8,15H,(H,14,16). The first-order chi connectivity index (χ1) is 7.72. The molecule has 0 heterocycles. The van der Waals surface area contributed by atoms with Gasteiger partial charge >= 0.3 is 0 Å². The van der Waals surface area contributed by atoms with E-state index in [2.05, 4.69) is 0 Å². The van der Waals surface area contributed by atoms with Gasteiger partial charge in [0.2, 0.25) is 0 Å². The summed E-state index contributed by atoms with van der Waals surface area (Å²) in [6, 6.07) is 9.33. The first kappa shape index (κ1) is 11.5. The van der Waals surface area contributed by atoms with Crippen LogP contribution < -0.4 is 5.32 Å². The molecule has 1 aromatic rings. The fourth-order valence-electron chi connectivity index (χ4n) is 1.02. The maximum Gasteiger partial charge on any atom is 0.260 e. The van der Waals surface area contributed by atoms with Gasteiger partial charge < -0.3 is 5.11 Å². The topological polar surface area (TPSA) is 73.1 Å². The quantitative estimate of drug-likeness (QED) is 0.264. The Bertz CT molecular complexity index is 456. The summed E-state index contributed by atoms with van der Waals surface area (Å²) in [7, 11) is 0. The molecule has 80 valence electrons. The highest BCUT2D eigenvalue weighted by Gasteiger charge is 1.95. The van der Waals surface area contributed by atoms with Gasteiger partial charge in [-0.2, -0.15) is 5.26 Å². The summed E-state index contributed by atoms with van der Waals surface area (Å²) in [4.78, 5) is 10.9. The average Bonchev–Trinajstić information content (AvgIpc) is 2.28. The number of aliphatic hydroxyl groups excluding tert-OH is 1. The molecule has 4 nitrogen and oxygen atoms in total. The SMILES string of the molecule is N#CNC(=O)C=C(O)C=Cc1ccccc1. The van der Waals surface area contributed by atoms with Crippen LogP contribution in [0.3, 0.4) is 0 Å². The number of benzene rings is 1. The van der Waals surface area contributed by atoms with Crippen LogP contribution in [0.15, 0.2) is 48.2 Å². The summed E-state index contributed by atoms with van der Waals surface area (Å²) in [6.07, 6.45) is 5.44. The minimum atomic E-state index is -0.655. The van der Waals surface area contributed by atoms with Crippen molar-refractivity contribution in [3.8, 4) is 6.19 Å². The van der Waals surface area contributed by atoms with Crippen LogP contribution in [-0.4, -0.2) is 11.0 Å². The Hall–Kier alpha value is -2.54. The molecule has 0 atom stereocenters. The molecule has 1 amide bonds. The fourth-order valence-corrected chi connectivity index (χ4v) is 1.02. The number of rotatable bonds is 3. The van der Waals surface area contributed by atoms with Crippen molar-refractivity contribution in [1.82, 2.24) is 5.32 Å². The highest BCUT2D eigenvalue weighted by Crippen LogP contribution is 2.03.